The molecule has 2 heterocycles. The summed E-state index contributed by atoms with van der Waals surface area (Å²) in [6, 6.07) is 23.7. The molecule has 0 saturated heterocycles. The van der Waals surface area contributed by atoms with Crippen LogP contribution in [0.4, 0.5) is 0 Å². The number of fused-ring (bicyclic) bond motifs is 6. The maximum absolute atomic E-state index is 6.50. The summed E-state index contributed by atoms with van der Waals surface area (Å²) in [6.07, 6.45) is 3.49. The highest BCUT2D eigenvalue weighted by atomic mass is 16.6. The van der Waals surface area contributed by atoms with Gasteiger partial charge in [-0.25, -0.2) is 0 Å². The van der Waals surface area contributed by atoms with Crippen molar-refractivity contribution in [1.82, 2.24) is 0 Å². The SMILES string of the molecule is CCCc1c2cc3c(cc2c(CCC)c2cc4c(cc12)OCCOCCOCCOc1ccccc1OCCOCCOCCO4)OCCOCCOCCOc1ccccc1OCCOCCOCCO3. The van der Waals surface area contributed by atoms with Crippen molar-refractivity contribution in [2.75, 3.05) is 159 Å². The van der Waals surface area contributed by atoms with E-state index in [0.29, 0.717) is 205 Å². The van der Waals surface area contributed by atoms with Crippen molar-refractivity contribution in [3.63, 3.8) is 0 Å². The molecule has 0 saturated carbocycles. The molecule has 0 spiro atoms. The lowest BCUT2D eigenvalue weighted by molar-refractivity contribution is 0.0223. The van der Waals surface area contributed by atoms with E-state index in [1.807, 2.05) is 48.5 Å². The molecule has 5 aromatic rings. The fourth-order valence-electron chi connectivity index (χ4n) is 8.25. The van der Waals surface area contributed by atoms with Crippen molar-refractivity contribution in [2.45, 2.75) is 39.5 Å². The molecule has 5 aromatic carbocycles. The van der Waals surface area contributed by atoms with Crippen molar-refractivity contribution in [3.05, 3.63) is 83.9 Å². The van der Waals surface area contributed by atoms with Crippen molar-refractivity contribution in [1.29, 1.82) is 0 Å². The van der Waals surface area contributed by atoms with Crippen LogP contribution in [0.3, 0.4) is 0 Å². The van der Waals surface area contributed by atoms with E-state index in [0.717, 1.165) is 47.2 Å². The van der Waals surface area contributed by atoms with Crippen molar-refractivity contribution >= 4 is 21.5 Å². The second kappa shape index (κ2) is 32.0. The Kier molecular flexibility index (Phi) is 24.2. The zero-order valence-corrected chi connectivity index (χ0v) is 42.3. The van der Waals surface area contributed by atoms with Gasteiger partial charge in [-0.2, -0.15) is 0 Å². The summed E-state index contributed by atoms with van der Waals surface area (Å²) in [5.41, 5.74) is 2.39. The van der Waals surface area contributed by atoms with Crippen LogP contribution < -0.4 is 37.9 Å². The summed E-state index contributed by atoms with van der Waals surface area (Å²) in [7, 11) is 0. The molecule has 0 atom stereocenters. The molecule has 0 fully saturated rings. The summed E-state index contributed by atoms with van der Waals surface area (Å²) >= 11 is 0. The number of rotatable bonds is 4. The Morgan fingerprint density at radius 2 is 0.431 bits per heavy atom. The van der Waals surface area contributed by atoms with E-state index in [1.54, 1.807) is 0 Å². The first-order chi connectivity index (χ1) is 35.7. The Bertz CT molecular complexity index is 2010. The van der Waals surface area contributed by atoms with E-state index in [-0.39, 0.29) is 0 Å². The molecule has 0 N–H and O–H groups in total. The molecule has 0 unspecified atom stereocenters. The lowest BCUT2D eigenvalue weighted by Gasteiger charge is -2.22. The van der Waals surface area contributed by atoms with Crippen LogP contribution in [0.2, 0.25) is 0 Å². The Morgan fingerprint density at radius 3 is 0.625 bits per heavy atom. The topological polar surface area (TPSA) is 148 Å². The molecule has 0 radical (unpaired) electrons. The second-order valence-electron chi connectivity index (χ2n) is 16.7. The number of aryl methyl sites for hydroxylation is 2. The van der Waals surface area contributed by atoms with E-state index >= 15 is 0 Å². The average Bonchev–Trinajstić information content (AvgIpc) is 3.39. The van der Waals surface area contributed by atoms with E-state index in [1.165, 1.54) is 11.1 Å². The Hall–Kier alpha value is -5.30. The Morgan fingerprint density at radius 1 is 0.250 bits per heavy atom. The molecule has 16 heteroatoms. The van der Waals surface area contributed by atoms with Crippen LogP contribution in [0.25, 0.3) is 21.5 Å². The summed E-state index contributed by atoms with van der Waals surface area (Å²) in [6.45, 7) is 13.6. The normalized spacial score (nSPS) is 18.0. The molecular weight excluding hydrogens is 929 g/mol. The molecule has 2 aliphatic heterocycles. The van der Waals surface area contributed by atoms with Crippen LogP contribution >= 0.6 is 0 Å². The van der Waals surface area contributed by atoms with Gasteiger partial charge in [-0.1, -0.05) is 51.0 Å². The van der Waals surface area contributed by atoms with Gasteiger partial charge in [0.1, 0.15) is 52.9 Å². The summed E-state index contributed by atoms with van der Waals surface area (Å²) in [5, 5.41) is 4.41. The maximum atomic E-state index is 6.50. The van der Waals surface area contributed by atoms with Crippen LogP contribution in [-0.2, 0) is 50.7 Å². The lowest BCUT2D eigenvalue weighted by Crippen LogP contribution is -2.16. The van der Waals surface area contributed by atoms with Crippen LogP contribution in [0.5, 0.6) is 46.0 Å². The summed E-state index contributed by atoms with van der Waals surface area (Å²) < 4.78 is 96.6. The van der Waals surface area contributed by atoms with Gasteiger partial charge >= 0.3 is 0 Å². The smallest absolute Gasteiger partial charge is 0.161 e. The first kappa shape index (κ1) is 54.5. The van der Waals surface area contributed by atoms with Gasteiger partial charge in [0.25, 0.3) is 0 Å². The van der Waals surface area contributed by atoms with Crippen molar-refractivity contribution in [2.24, 2.45) is 0 Å². The van der Waals surface area contributed by atoms with Crippen LogP contribution in [0.1, 0.15) is 37.8 Å². The highest BCUT2D eigenvalue weighted by Gasteiger charge is 2.21. The van der Waals surface area contributed by atoms with Crippen molar-refractivity contribution < 1.29 is 75.8 Å². The number of ether oxygens (including phenoxy) is 16. The maximum Gasteiger partial charge on any atom is 0.161 e. The van der Waals surface area contributed by atoms with Gasteiger partial charge in [-0.15, -0.1) is 0 Å². The van der Waals surface area contributed by atoms with Gasteiger partial charge in [0.05, 0.1) is 106 Å². The standard InChI is InChI=1S/C56H74O16/c1-3-9-43-45-39-53-55(71-37-29-63-21-17-59-25-33-67-51-13-7-5-11-49(51)65-31-23-57-15-19-61-27-35-69-53)41-47(45)44(10-4-2)48-42-56-54(40-46(43)48)70-36-28-62-20-16-58-24-32-66-50-12-6-8-14-52(50)68-34-26-60-18-22-64-30-38-72-56/h5-8,11-14,39-42H,3-4,9-10,15-38H2,1-2H3. The van der Waals surface area contributed by atoms with Gasteiger partial charge in [0.15, 0.2) is 46.0 Å². The van der Waals surface area contributed by atoms with E-state index < -0.39 is 0 Å². The highest BCUT2D eigenvalue weighted by molar-refractivity contribution is 6.08. The third-order valence-corrected chi connectivity index (χ3v) is 11.5. The molecule has 0 bridgehead atoms. The average molecular weight is 1000 g/mol. The molecule has 0 aromatic heterocycles. The predicted octanol–water partition coefficient (Wildman–Crippen LogP) is 8.49. The Balaban J connectivity index is 1.09. The quantitative estimate of drug-likeness (QED) is 0.158. The van der Waals surface area contributed by atoms with E-state index in [4.69, 9.17) is 75.8 Å². The molecule has 2 aliphatic rings. The number of hydrogen-bond donors (Lipinski definition) is 0. The van der Waals surface area contributed by atoms with E-state index in [9.17, 15) is 0 Å². The zero-order valence-electron chi connectivity index (χ0n) is 42.3. The molecule has 16 nitrogen and oxygen atoms in total. The minimum absolute atomic E-state index is 0.316. The third kappa shape index (κ3) is 17.4. The lowest BCUT2D eigenvalue weighted by atomic mass is 9.87. The van der Waals surface area contributed by atoms with Gasteiger partial charge in [-0.3, -0.25) is 0 Å². The molecule has 7 rings (SSSR count). The molecule has 0 aliphatic carbocycles. The number of hydrogen-bond acceptors (Lipinski definition) is 16. The third-order valence-electron chi connectivity index (χ3n) is 11.5. The number of benzene rings is 5. The predicted molar refractivity (Wildman–Crippen MR) is 273 cm³/mol. The first-order valence-electron chi connectivity index (χ1n) is 25.6. The van der Waals surface area contributed by atoms with Crippen LogP contribution in [-0.4, -0.2) is 159 Å². The van der Waals surface area contributed by atoms with Gasteiger partial charge in [0.2, 0.25) is 0 Å². The minimum Gasteiger partial charge on any atom is -0.487 e. The monoisotopic (exact) mass is 1000 g/mol. The van der Waals surface area contributed by atoms with Gasteiger partial charge < -0.3 is 75.8 Å². The van der Waals surface area contributed by atoms with E-state index in [2.05, 4.69) is 38.1 Å². The van der Waals surface area contributed by atoms with Crippen LogP contribution in [0, 0.1) is 0 Å². The van der Waals surface area contributed by atoms with Crippen LogP contribution in [0.15, 0.2) is 72.8 Å². The van der Waals surface area contributed by atoms with Gasteiger partial charge in [0, 0.05) is 0 Å². The zero-order chi connectivity index (χ0) is 49.7. The second-order valence-corrected chi connectivity index (χ2v) is 16.7. The Labute approximate surface area is 424 Å². The first-order valence-corrected chi connectivity index (χ1v) is 25.6. The fourth-order valence-corrected chi connectivity index (χ4v) is 8.25. The van der Waals surface area contributed by atoms with Crippen molar-refractivity contribution in [3.8, 4) is 46.0 Å². The molecule has 72 heavy (non-hydrogen) atoms. The molecule has 394 valence electrons. The van der Waals surface area contributed by atoms with Gasteiger partial charge in [-0.05, 0) is 94.0 Å². The minimum atomic E-state index is 0.316. The summed E-state index contributed by atoms with van der Waals surface area (Å²) in [4.78, 5) is 0. The number of para-hydroxylation sites is 4. The summed E-state index contributed by atoms with van der Waals surface area (Å²) in [5.74, 6) is 5.17. The molecule has 0 amide bonds. The molecular formula is C56H74O16. The largest absolute Gasteiger partial charge is 0.487 e. The fraction of sp³-hybridized carbons (Fsp3) is 0.536. The highest BCUT2D eigenvalue weighted by Crippen LogP contribution is 2.44.